The summed E-state index contributed by atoms with van der Waals surface area (Å²) < 4.78 is 0. The number of rotatable bonds is 3. The highest BCUT2D eigenvalue weighted by Crippen LogP contribution is 2.25. The van der Waals surface area contributed by atoms with Gasteiger partial charge in [-0.3, -0.25) is 0 Å². The van der Waals surface area contributed by atoms with Crippen molar-refractivity contribution in [2.75, 3.05) is 0 Å². The molecule has 0 aromatic heterocycles. The fourth-order valence-corrected chi connectivity index (χ4v) is 1.60. The minimum absolute atomic E-state index is 0.162. The van der Waals surface area contributed by atoms with Crippen LogP contribution in [0.15, 0.2) is 24.3 Å². The van der Waals surface area contributed by atoms with Crippen LogP contribution in [-0.2, 0) is 0 Å². The molecular formula is C13H21N. The van der Waals surface area contributed by atoms with E-state index in [-0.39, 0.29) is 6.04 Å². The second-order valence-electron chi connectivity index (χ2n) is 4.54. The number of benzene rings is 1. The third kappa shape index (κ3) is 2.58. The van der Waals surface area contributed by atoms with Gasteiger partial charge in [-0.25, -0.2) is 0 Å². The van der Waals surface area contributed by atoms with Gasteiger partial charge in [-0.15, -0.1) is 0 Å². The van der Waals surface area contributed by atoms with Crippen LogP contribution < -0.4 is 5.73 Å². The molecule has 0 aliphatic rings. The molecule has 2 atom stereocenters. The third-order valence-corrected chi connectivity index (χ3v) is 3.05. The molecule has 0 saturated heterocycles. The zero-order chi connectivity index (χ0) is 10.7. The molecule has 0 fully saturated rings. The van der Waals surface area contributed by atoms with Gasteiger partial charge in [0.15, 0.2) is 0 Å². The van der Waals surface area contributed by atoms with Gasteiger partial charge in [-0.05, 0) is 24.3 Å². The molecule has 1 aromatic rings. The fourth-order valence-electron chi connectivity index (χ4n) is 1.60. The van der Waals surface area contributed by atoms with Gasteiger partial charge in [0.2, 0.25) is 0 Å². The summed E-state index contributed by atoms with van der Waals surface area (Å²) in [5.74, 6) is 1.15. The van der Waals surface area contributed by atoms with E-state index >= 15 is 0 Å². The molecule has 2 unspecified atom stereocenters. The van der Waals surface area contributed by atoms with Crippen molar-refractivity contribution in [3.8, 4) is 0 Å². The highest BCUT2D eigenvalue weighted by Gasteiger charge is 2.17. The Hall–Kier alpha value is -0.820. The normalized spacial score (nSPS) is 15.6. The molecule has 0 saturated carbocycles. The van der Waals surface area contributed by atoms with Crippen LogP contribution in [0.5, 0.6) is 0 Å². The van der Waals surface area contributed by atoms with Crippen LogP contribution in [0.25, 0.3) is 0 Å². The summed E-state index contributed by atoms with van der Waals surface area (Å²) in [6.07, 6.45) is 0. The first-order valence-corrected chi connectivity index (χ1v) is 5.34. The van der Waals surface area contributed by atoms with E-state index in [9.17, 15) is 0 Å². The Morgan fingerprint density at radius 2 is 1.79 bits per heavy atom. The summed E-state index contributed by atoms with van der Waals surface area (Å²) in [7, 11) is 0. The van der Waals surface area contributed by atoms with Gasteiger partial charge in [0.05, 0.1) is 0 Å². The Morgan fingerprint density at radius 1 is 1.14 bits per heavy atom. The number of nitrogens with two attached hydrogens (primary N) is 1. The molecule has 0 aliphatic carbocycles. The highest BCUT2D eigenvalue weighted by molar-refractivity contribution is 5.25. The van der Waals surface area contributed by atoms with Gasteiger partial charge in [-0.1, -0.05) is 50.6 Å². The van der Waals surface area contributed by atoms with Gasteiger partial charge < -0.3 is 5.73 Å². The maximum Gasteiger partial charge on any atom is 0.0323 e. The highest BCUT2D eigenvalue weighted by atomic mass is 14.6. The molecule has 0 radical (unpaired) electrons. The molecular weight excluding hydrogens is 170 g/mol. The van der Waals surface area contributed by atoms with Crippen LogP contribution >= 0.6 is 0 Å². The number of aryl methyl sites for hydroxylation is 1. The minimum atomic E-state index is 0.162. The van der Waals surface area contributed by atoms with Crippen molar-refractivity contribution in [3.63, 3.8) is 0 Å². The zero-order valence-electron chi connectivity index (χ0n) is 9.62. The molecule has 1 heteroatoms. The van der Waals surface area contributed by atoms with Crippen molar-refractivity contribution in [2.45, 2.75) is 33.7 Å². The Bertz CT molecular complexity index is 291. The van der Waals surface area contributed by atoms with E-state index in [1.807, 2.05) is 0 Å². The van der Waals surface area contributed by atoms with Crippen LogP contribution in [0.3, 0.4) is 0 Å². The molecule has 0 spiro atoms. The standard InChI is InChI=1S/C13H21N/c1-9(2)11(4)13(14)12-7-5-6-10(3)8-12/h5-9,11,13H,14H2,1-4H3. The molecule has 1 rings (SSSR count). The third-order valence-electron chi connectivity index (χ3n) is 3.05. The lowest BCUT2D eigenvalue weighted by Crippen LogP contribution is -2.23. The number of hydrogen-bond donors (Lipinski definition) is 1. The fraction of sp³-hybridized carbons (Fsp3) is 0.538. The first kappa shape index (κ1) is 11.3. The molecule has 14 heavy (non-hydrogen) atoms. The molecule has 78 valence electrons. The minimum Gasteiger partial charge on any atom is -0.324 e. The average molecular weight is 191 g/mol. The summed E-state index contributed by atoms with van der Waals surface area (Å²) in [5, 5.41) is 0. The second-order valence-corrected chi connectivity index (χ2v) is 4.54. The van der Waals surface area contributed by atoms with Crippen LogP contribution in [-0.4, -0.2) is 0 Å². The van der Waals surface area contributed by atoms with Crippen LogP contribution in [0, 0.1) is 18.8 Å². The van der Waals surface area contributed by atoms with Crippen molar-refractivity contribution in [1.82, 2.24) is 0 Å². The van der Waals surface area contributed by atoms with E-state index in [0.717, 1.165) is 0 Å². The summed E-state index contributed by atoms with van der Waals surface area (Å²) >= 11 is 0. The molecule has 1 aromatic carbocycles. The summed E-state index contributed by atoms with van der Waals surface area (Å²) in [5.41, 5.74) is 8.75. The predicted octanol–water partition coefficient (Wildman–Crippen LogP) is 3.29. The largest absolute Gasteiger partial charge is 0.324 e. The lowest BCUT2D eigenvalue weighted by atomic mass is 9.86. The quantitative estimate of drug-likeness (QED) is 0.779. The summed E-state index contributed by atoms with van der Waals surface area (Å²) in [4.78, 5) is 0. The molecule has 0 aliphatic heterocycles. The zero-order valence-corrected chi connectivity index (χ0v) is 9.62. The Labute approximate surface area is 87.3 Å². The molecule has 0 heterocycles. The topological polar surface area (TPSA) is 26.0 Å². The molecule has 1 nitrogen and oxygen atoms in total. The van der Waals surface area contributed by atoms with Crippen molar-refractivity contribution >= 4 is 0 Å². The molecule has 2 N–H and O–H groups in total. The first-order chi connectivity index (χ1) is 6.52. The molecule has 0 amide bonds. The summed E-state index contributed by atoms with van der Waals surface area (Å²) in [6, 6.07) is 8.66. The Morgan fingerprint density at radius 3 is 2.29 bits per heavy atom. The van der Waals surface area contributed by atoms with E-state index in [1.54, 1.807) is 0 Å². The second kappa shape index (κ2) is 4.61. The molecule has 0 bridgehead atoms. The smallest absolute Gasteiger partial charge is 0.0323 e. The maximum atomic E-state index is 6.21. The van der Waals surface area contributed by atoms with Crippen molar-refractivity contribution in [2.24, 2.45) is 17.6 Å². The van der Waals surface area contributed by atoms with E-state index in [1.165, 1.54) is 11.1 Å². The van der Waals surface area contributed by atoms with Gasteiger partial charge >= 0.3 is 0 Å². The van der Waals surface area contributed by atoms with Crippen molar-refractivity contribution in [1.29, 1.82) is 0 Å². The Balaban J connectivity index is 2.83. The van der Waals surface area contributed by atoms with E-state index < -0.39 is 0 Å². The van der Waals surface area contributed by atoms with Crippen LogP contribution in [0.2, 0.25) is 0 Å². The van der Waals surface area contributed by atoms with Gasteiger partial charge in [0, 0.05) is 6.04 Å². The Kier molecular flexibility index (Phi) is 3.70. The lowest BCUT2D eigenvalue weighted by molar-refractivity contribution is 0.352. The summed E-state index contributed by atoms with van der Waals surface area (Å²) in [6.45, 7) is 8.77. The predicted molar refractivity (Wildman–Crippen MR) is 62.1 cm³/mol. The van der Waals surface area contributed by atoms with Crippen molar-refractivity contribution in [3.05, 3.63) is 35.4 Å². The SMILES string of the molecule is Cc1cccc(C(N)C(C)C(C)C)c1. The monoisotopic (exact) mass is 191 g/mol. The number of hydrogen-bond acceptors (Lipinski definition) is 1. The van der Waals surface area contributed by atoms with E-state index in [0.29, 0.717) is 11.8 Å². The van der Waals surface area contributed by atoms with Gasteiger partial charge in [0.25, 0.3) is 0 Å². The van der Waals surface area contributed by atoms with E-state index in [4.69, 9.17) is 5.73 Å². The van der Waals surface area contributed by atoms with E-state index in [2.05, 4.69) is 52.0 Å². The van der Waals surface area contributed by atoms with Gasteiger partial charge in [0.1, 0.15) is 0 Å². The maximum absolute atomic E-state index is 6.21. The first-order valence-electron chi connectivity index (χ1n) is 5.34. The van der Waals surface area contributed by atoms with Crippen LogP contribution in [0.4, 0.5) is 0 Å². The van der Waals surface area contributed by atoms with Gasteiger partial charge in [-0.2, -0.15) is 0 Å². The lowest BCUT2D eigenvalue weighted by Gasteiger charge is -2.23. The van der Waals surface area contributed by atoms with Crippen molar-refractivity contribution < 1.29 is 0 Å². The van der Waals surface area contributed by atoms with Crippen LogP contribution in [0.1, 0.15) is 37.9 Å². The average Bonchev–Trinajstić information content (AvgIpc) is 2.15.